The molecular weight excluding hydrogens is 322 g/mol. The molecule has 132 valence electrons. The molecule has 11 heteroatoms. The Kier molecular flexibility index (Phi) is 4.87. The first-order valence-electron chi connectivity index (χ1n) is 7.41. The van der Waals surface area contributed by atoms with Crippen LogP contribution in [-0.2, 0) is 19.0 Å². The second kappa shape index (κ2) is 6.91. The maximum absolute atomic E-state index is 11.9. The Morgan fingerprint density at radius 2 is 2.29 bits per heavy atom. The van der Waals surface area contributed by atoms with E-state index in [1.165, 1.54) is 18.3 Å². The zero-order valence-corrected chi connectivity index (χ0v) is 13.0. The normalized spacial score (nSPS) is 35.2. The average molecular weight is 341 g/mol. The monoisotopic (exact) mass is 341 g/mol. The van der Waals surface area contributed by atoms with Gasteiger partial charge < -0.3 is 24.4 Å². The highest BCUT2D eigenvalue weighted by Gasteiger charge is 2.50. The number of nitrogens with one attached hydrogen (secondary N) is 2. The van der Waals surface area contributed by atoms with Gasteiger partial charge in [-0.2, -0.15) is 4.99 Å². The molecule has 0 aromatic rings. The molecule has 5 atom stereocenters. The summed E-state index contributed by atoms with van der Waals surface area (Å²) in [4.78, 5) is 21.4. The van der Waals surface area contributed by atoms with Gasteiger partial charge >= 0.3 is 0 Å². The van der Waals surface area contributed by atoms with E-state index in [0.717, 1.165) is 0 Å². The van der Waals surface area contributed by atoms with Gasteiger partial charge in [0.15, 0.2) is 18.1 Å². The number of nitrogens with zero attached hydrogens (tertiary/aromatic N) is 3. The summed E-state index contributed by atoms with van der Waals surface area (Å²) < 4.78 is 16.2. The lowest BCUT2D eigenvalue weighted by molar-refractivity contribution is -0.119. The minimum absolute atomic E-state index is 0.216. The molecule has 1 unspecified atom stereocenters. The lowest BCUT2D eigenvalue weighted by Crippen LogP contribution is -2.53. The molecule has 3 aliphatic rings. The predicted molar refractivity (Wildman–Crippen MR) is 80.8 cm³/mol. The van der Waals surface area contributed by atoms with Crippen molar-refractivity contribution in [3.63, 3.8) is 0 Å². The van der Waals surface area contributed by atoms with Gasteiger partial charge in [0, 0.05) is 7.11 Å². The Morgan fingerprint density at radius 1 is 1.50 bits per heavy atom. The predicted octanol–water partition coefficient (Wildman–Crippen LogP) is -2.73. The van der Waals surface area contributed by atoms with Crippen LogP contribution in [0.25, 0.3) is 0 Å². The van der Waals surface area contributed by atoms with Crippen LogP contribution in [0.2, 0.25) is 0 Å². The van der Waals surface area contributed by atoms with E-state index in [4.69, 9.17) is 19.6 Å². The van der Waals surface area contributed by atoms with Gasteiger partial charge in [0.25, 0.3) is 5.91 Å². The highest BCUT2D eigenvalue weighted by atomic mass is 16.6. The third-order valence-electron chi connectivity index (χ3n) is 3.93. The summed E-state index contributed by atoms with van der Waals surface area (Å²) in [6, 6.07) is -0.868. The van der Waals surface area contributed by atoms with Crippen LogP contribution in [0.1, 0.15) is 0 Å². The number of carbonyl (C=O) groups excluding carboxylic acids is 1. The van der Waals surface area contributed by atoms with Gasteiger partial charge in [-0.05, 0) is 0 Å². The van der Waals surface area contributed by atoms with Gasteiger partial charge in [-0.1, -0.05) is 0 Å². The molecule has 11 nitrogen and oxygen atoms in total. The number of aliphatic imine (C=N–C) groups is 2. The third-order valence-corrected chi connectivity index (χ3v) is 3.93. The molecule has 0 bridgehead atoms. The number of guanidine groups is 1. The second-order valence-electron chi connectivity index (χ2n) is 5.45. The molecule has 3 rings (SSSR count). The number of amidine groups is 1. The van der Waals surface area contributed by atoms with Crippen LogP contribution in [-0.4, -0.2) is 96.7 Å². The van der Waals surface area contributed by atoms with Crippen LogP contribution in [0.15, 0.2) is 9.98 Å². The van der Waals surface area contributed by atoms with Crippen molar-refractivity contribution in [2.45, 2.75) is 30.6 Å². The summed E-state index contributed by atoms with van der Waals surface area (Å²) in [6.45, 7) is 0.150. The Morgan fingerprint density at radius 3 is 3.00 bits per heavy atom. The first kappa shape index (κ1) is 16.9. The van der Waals surface area contributed by atoms with E-state index < -0.39 is 36.5 Å². The second-order valence-corrected chi connectivity index (χ2v) is 5.45. The molecule has 4 N–H and O–H groups in total. The molecule has 3 aliphatic heterocycles. The first-order valence-corrected chi connectivity index (χ1v) is 7.41. The van der Waals surface area contributed by atoms with Gasteiger partial charge in [-0.25, -0.2) is 0 Å². The zero-order chi connectivity index (χ0) is 17.3. The fourth-order valence-electron chi connectivity index (χ4n) is 2.77. The number of hydrogen-bond acceptors (Lipinski definition) is 9. The average Bonchev–Trinajstić information content (AvgIpc) is 3.09. The Balaban J connectivity index is 1.82. The number of carbonyl (C=O) groups is 1. The summed E-state index contributed by atoms with van der Waals surface area (Å²) in [6.07, 6.45) is -2.18. The van der Waals surface area contributed by atoms with Gasteiger partial charge in [-0.15, -0.1) is 0 Å². The van der Waals surface area contributed by atoms with Crippen LogP contribution in [0, 0.1) is 5.41 Å². The molecule has 0 aliphatic carbocycles. The molecule has 1 saturated heterocycles. The molecule has 0 radical (unpaired) electrons. The minimum Gasteiger partial charge on any atom is -0.394 e. The van der Waals surface area contributed by atoms with Crippen molar-refractivity contribution in [2.75, 3.05) is 26.9 Å². The number of rotatable bonds is 6. The summed E-state index contributed by atoms with van der Waals surface area (Å²) in [5, 5.41) is 29.5. The van der Waals surface area contributed by atoms with E-state index in [2.05, 4.69) is 15.3 Å². The van der Waals surface area contributed by atoms with Gasteiger partial charge in [0.2, 0.25) is 5.96 Å². The zero-order valence-electron chi connectivity index (χ0n) is 13.0. The fourth-order valence-corrected chi connectivity index (χ4v) is 2.77. The van der Waals surface area contributed by atoms with E-state index in [0.29, 0.717) is 6.61 Å². The number of methoxy groups -OCH3 is 1. The smallest absolute Gasteiger partial charge is 0.259 e. The van der Waals surface area contributed by atoms with Crippen molar-refractivity contribution in [3.05, 3.63) is 0 Å². The summed E-state index contributed by atoms with van der Waals surface area (Å²) in [5.41, 5.74) is 0. The van der Waals surface area contributed by atoms with Crippen molar-refractivity contribution in [1.29, 1.82) is 5.41 Å². The number of amides is 1. The number of ether oxygens (including phenoxy) is 3. The molecule has 24 heavy (non-hydrogen) atoms. The molecule has 1 fully saturated rings. The Hall–Kier alpha value is -1.92. The topological polar surface area (TPSA) is 149 Å². The SMILES string of the molecule is COCCO[C@@H]1[C@H](O)[C@@H](CO)O[C@H]1N1C=NC2C(=O)NC(=N)N=C21. The first-order chi connectivity index (χ1) is 11.6. The highest BCUT2D eigenvalue weighted by Crippen LogP contribution is 2.29. The number of aliphatic hydroxyl groups excluding tert-OH is 2. The van der Waals surface area contributed by atoms with Crippen LogP contribution < -0.4 is 5.32 Å². The number of fused-ring (bicyclic) bond motifs is 1. The lowest BCUT2D eigenvalue weighted by Gasteiger charge is -2.30. The maximum atomic E-state index is 11.9. The van der Waals surface area contributed by atoms with Crippen molar-refractivity contribution in [2.24, 2.45) is 9.98 Å². The van der Waals surface area contributed by atoms with E-state index in [9.17, 15) is 15.0 Å². The minimum atomic E-state index is -1.07. The third kappa shape index (κ3) is 2.91. The molecule has 0 saturated carbocycles. The molecule has 1 amide bonds. The quantitative estimate of drug-likeness (QED) is 0.383. The van der Waals surface area contributed by atoms with Crippen molar-refractivity contribution >= 4 is 24.0 Å². The molecule has 0 aromatic heterocycles. The van der Waals surface area contributed by atoms with Crippen molar-refractivity contribution in [3.8, 4) is 0 Å². The van der Waals surface area contributed by atoms with E-state index in [1.54, 1.807) is 0 Å². The summed E-state index contributed by atoms with van der Waals surface area (Å²) in [7, 11) is 1.53. The van der Waals surface area contributed by atoms with E-state index in [1.807, 2.05) is 0 Å². The largest absolute Gasteiger partial charge is 0.394 e. The number of aliphatic hydroxyl groups is 2. The maximum Gasteiger partial charge on any atom is 0.259 e. The van der Waals surface area contributed by atoms with Crippen molar-refractivity contribution < 1.29 is 29.2 Å². The highest BCUT2D eigenvalue weighted by molar-refractivity contribution is 6.23. The van der Waals surface area contributed by atoms with E-state index >= 15 is 0 Å². The van der Waals surface area contributed by atoms with Gasteiger partial charge in [0.1, 0.15) is 18.3 Å². The Bertz CT molecular complexity index is 581. The fraction of sp³-hybridized carbons (Fsp3) is 0.692. The van der Waals surface area contributed by atoms with Gasteiger partial charge in [0.05, 0.1) is 26.2 Å². The summed E-state index contributed by atoms with van der Waals surface area (Å²) >= 11 is 0. The van der Waals surface area contributed by atoms with Crippen molar-refractivity contribution in [1.82, 2.24) is 10.2 Å². The lowest BCUT2D eigenvalue weighted by atomic mass is 10.1. The van der Waals surface area contributed by atoms with Crippen LogP contribution in [0.4, 0.5) is 0 Å². The molecule has 0 spiro atoms. The van der Waals surface area contributed by atoms with E-state index in [-0.39, 0.29) is 25.0 Å². The van der Waals surface area contributed by atoms with Crippen LogP contribution in [0.5, 0.6) is 0 Å². The van der Waals surface area contributed by atoms with Crippen LogP contribution >= 0.6 is 0 Å². The molecular formula is C13H19N5O6. The Labute approximate surface area is 137 Å². The van der Waals surface area contributed by atoms with Gasteiger partial charge in [-0.3, -0.25) is 25.4 Å². The molecule has 3 heterocycles. The summed E-state index contributed by atoms with van der Waals surface area (Å²) in [5.74, 6) is -0.534. The van der Waals surface area contributed by atoms with Crippen LogP contribution in [0.3, 0.4) is 0 Å². The number of hydrogen-bond donors (Lipinski definition) is 4. The standard InChI is InChI=1S/C13H19N5O6/c1-22-2-3-23-9-8(20)6(4-19)24-12(9)18-5-15-7-10(18)16-13(14)17-11(7)21/h5-9,12,19-20H,2-4H2,1H3,(H2,14,17,21)/t6-,7?,8-,9-,12-/m1/s1. The molecule has 0 aromatic carbocycles.